The van der Waals surface area contributed by atoms with E-state index in [4.69, 9.17) is 4.74 Å². The van der Waals surface area contributed by atoms with Gasteiger partial charge in [-0.2, -0.15) is 4.68 Å². The van der Waals surface area contributed by atoms with Crippen molar-refractivity contribution in [3.8, 4) is 5.69 Å². The van der Waals surface area contributed by atoms with Crippen LogP contribution in [0, 0.1) is 5.92 Å². The SMILES string of the molecule is CCc1nnnn1-c1ccccc1NC(=O)C1CCOCC1. The second-order valence-corrected chi connectivity index (χ2v) is 5.25. The van der Waals surface area contributed by atoms with Gasteiger partial charge >= 0.3 is 0 Å². The molecule has 0 unspecified atom stereocenters. The summed E-state index contributed by atoms with van der Waals surface area (Å²) >= 11 is 0. The maximum Gasteiger partial charge on any atom is 0.227 e. The fraction of sp³-hybridized carbons (Fsp3) is 0.467. The first kappa shape index (κ1) is 14.6. The van der Waals surface area contributed by atoms with E-state index in [1.165, 1.54) is 0 Å². The molecule has 3 rings (SSSR count). The fourth-order valence-corrected chi connectivity index (χ4v) is 2.57. The quantitative estimate of drug-likeness (QED) is 0.927. The van der Waals surface area contributed by atoms with Crippen LogP contribution in [0.25, 0.3) is 5.69 Å². The van der Waals surface area contributed by atoms with Gasteiger partial charge in [0.2, 0.25) is 5.91 Å². The molecule has 0 spiro atoms. The molecule has 0 saturated carbocycles. The highest BCUT2D eigenvalue weighted by atomic mass is 16.5. The van der Waals surface area contributed by atoms with E-state index >= 15 is 0 Å². The number of aryl methyl sites for hydroxylation is 1. The topological polar surface area (TPSA) is 81.9 Å². The van der Waals surface area contributed by atoms with Crippen LogP contribution >= 0.6 is 0 Å². The molecule has 1 fully saturated rings. The second kappa shape index (κ2) is 6.65. The molecule has 0 atom stereocenters. The molecule has 1 aliphatic heterocycles. The number of carbonyl (C=O) groups excluding carboxylic acids is 1. The molecule has 116 valence electrons. The van der Waals surface area contributed by atoms with E-state index in [9.17, 15) is 4.79 Å². The number of carbonyl (C=O) groups is 1. The first-order valence-corrected chi connectivity index (χ1v) is 7.55. The van der Waals surface area contributed by atoms with Gasteiger partial charge < -0.3 is 10.1 Å². The highest BCUT2D eigenvalue weighted by Gasteiger charge is 2.22. The number of nitrogens with zero attached hydrogens (tertiary/aromatic N) is 4. The minimum Gasteiger partial charge on any atom is -0.381 e. The van der Waals surface area contributed by atoms with Crippen LogP contribution in [-0.2, 0) is 16.0 Å². The largest absolute Gasteiger partial charge is 0.381 e. The molecule has 1 aromatic carbocycles. The summed E-state index contributed by atoms with van der Waals surface area (Å²) in [5.41, 5.74) is 1.51. The Bertz CT molecular complexity index is 649. The van der Waals surface area contributed by atoms with Gasteiger partial charge in [0.15, 0.2) is 5.82 Å². The van der Waals surface area contributed by atoms with E-state index in [2.05, 4.69) is 20.8 Å². The zero-order valence-corrected chi connectivity index (χ0v) is 12.5. The number of anilines is 1. The molecule has 1 amide bonds. The van der Waals surface area contributed by atoms with Crippen LogP contribution in [-0.4, -0.2) is 39.3 Å². The van der Waals surface area contributed by atoms with Crippen molar-refractivity contribution in [3.05, 3.63) is 30.1 Å². The lowest BCUT2D eigenvalue weighted by atomic mass is 9.99. The van der Waals surface area contributed by atoms with Gasteiger partial charge in [-0.25, -0.2) is 0 Å². The number of rotatable bonds is 4. The first-order valence-electron chi connectivity index (χ1n) is 7.55. The fourth-order valence-electron chi connectivity index (χ4n) is 2.57. The second-order valence-electron chi connectivity index (χ2n) is 5.25. The molecule has 1 aliphatic rings. The summed E-state index contributed by atoms with van der Waals surface area (Å²) in [6.07, 6.45) is 2.24. The van der Waals surface area contributed by atoms with Crippen molar-refractivity contribution >= 4 is 11.6 Å². The van der Waals surface area contributed by atoms with Crippen molar-refractivity contribution in [3.63, 3.8) is 0 Å². The highest BCUT2D eigenvalue weighted by Crippen LogP contribution is 2.23. The summed E-state index contributed by atoms with van der Waals surface area (Å²) in [6, 6.07) is 7.56. The van der Waals surface area contributed by atoms with Gasteiger partial charge in [0.1, 0.15) is 0 Å². The molecule has 7 heteroatoms. The molecule has 7 nitrogen and oxygen atoms in total. The van der Waals surface area contributed by atoms with Crippen LogP contribution in [0.5, 0.6) is 0 Å². The van der Waals surface area contributed by atoms with Crippen molar-refractivity contribution in [1.82, 2.24) is 20.2 Å². The molecule has 2 heterocycles. The Labute approximate surface area is 128 Å². The zero-order chi connectivity index (χ0) is 15.4. The Morgan fingerprint density at radius 1 is 1.36 bits per heavy atom. The number of amides is 1. The molecule has 1 N–H and O–H groups in total. The zero-order valence-electron chi connectivity index (χ0n) is 12.5. The van der Waals surface area contributed by atoms with Gasteiger partial charge in [0.25, 0.3) is 0 Å². The van der Waals surface area contributed by atoms with Crippen LogP contribution in [0.15, 0.2) is 24.3 Å². The number of para-hydroxylation sites is 2. The van der Waals surface area contributed by atoms with E-state index in [0.29, 0.717) is 13.2 Å². The summed E-state index contributed by atoms with van der Waals surface area (Å²) in [5.74, 6) is 0.788. The van der Waals surface area contributed by atoms with Crippen LogP contribution in [0.3, 0.4) is 0 Å². The summed E-state index contributed by atoms with van der Waals surface area (Å²) in [6.45, 7) is 3.28. The monoisotopic (exact) mass is 301 g/mol. The van der Waals surface area contributed by atoms with Gasteiger partial charge in [-0.1, -0.05) is 19.1 Å². The minimum atomic E-state index is 0.00123. The Morgan fingerprint density at radius 3 is 2.91 bits per heavy atom. The van der Waals surface area contributed by atoms with Crippen LogP contribution in [0.4, 0.5) is 5.69 Å². The summed E-state index contributed by atoms with van der Waals surface area (Å²) in [5, 5.41) is 14.7. The van der Waals surface area contributed by atoms with Crippen LogP contribution < -0.4 is 5.32 Å². The van der Waals surface area contributed by atoms with Gasteiger partial charge in [0, 0.05) is 25.6 Å². The molecule has 1 saturated heterocycles. The van der Waals surface area contributed by atoms with Crippen LogP contribution in [0.1, 0.15) is 25.6 Å². The maximum absolute atomic E-state index is 12.4. The third-order valence-electron chi connectivity index (χ3n) is 3.83. The van der Waals surface area contributed by atoms with E-state index in [1.54, 1.807) is 4.68 Å². The first-order chi connectivity index (χ1) is 10.8. The van der Waals surface area contributed by atoms with Gasteiger partial charge in [0.05, 0.1) is 11.4 Å². The predicted molar refractivity (Wildman–Crippen MR) is 80.7 cm³/mol. The van der Waals surface area contributed by atoms with E-state index in [0.717, 1.165) is 36.5 Å². The van der Waals surface area contributed by atoms with Crippen LogP contribution in [0.2, 0.25) is 0 Å². The predicted octanol–water partition coefficient (Wildman–Crippen LogP) is 1.59. The minimum absolute atomic E-state index is 0.00123. The highest BCUT2D eigenvalue weighted by molar-refractivity contribution is 5.94. The molecular weight excluding hydrogens is 282 g/mol. The summed E-state index contributed by atoms with van der Waals surface area (Å²) in [4.78, 5) is 12.4. The Hall–Kier alpha value is -2.28. The van der Waals surface area contributed by atoms with Gasteiger partial charge in [-0.05, 0) is 35.4 Å². The lowest BCUT2D eigenvalue weighted by molar-refractivity contribution is -0.122. The summed E-state index contributed by atoms with van der Waals surface area (Å²) in [7, 11) is 0. The van der Waals surface area contributed by atoms with E-state index in [-0.39, 0.29) is 11.8 Å². The van der Waals surface area contributed by atoms with E-state index in [1.807, 2.05) is 31.2 Å². The van der Waals surface area contributed by atoms with Crippen molar-refractivity contribution in [2.45, 2.75) is 26.2 Å². The number of aromatic nitrogens is 4. The number of hydrogen-bond donors (Lipinski definition) is 1. The molecule has 0 aliphatic carbocycles. The number of hydrogen-bond acceptors (Lipinski definition) is 5. The van der Waals surface area contributed by atoms with Gasteiger partial charge in [-0.15, -0.1) is 5.10 Å². The lowest BCUT2D eigenvalue weighted by Crippen LogP contribution is -2.29. The maximum atomic E-state index is 12.4. The molecule has 2 aromatic rings. The lowest BCUT2D eigenvalue weighted by Gasteiger charge is -2.22. The number of tetrazole rings is 1. The Morgan fingerprint density at radius 2 is 2.14 bits per heavy atom. The normalized spacial score (nSPS) is 15.7. The summed E-state index contributed by atoms with van der Waals surface area (Å²) < 4.78 is 6.97. The van der Waals surface area contributed by atoms with Crippen molar-refractivity contribution in [1.29, 1.82) is 0 Å². The standard InChI is InChI=1S/C15H19N5O2/c1-2-14-17-18-19-20(14)13-6-4-3-5-12(13)16-15(21)11-7-9-22-10-8-11/h3-6,11H,2,7-10H2,1H3,(H,16,21). The molecular formula is C15H19N5O2. The number of nitrogens with one attached hydrogen (secondary N) is 1. The number of benzene rings is 1. The van der Waals surface area contributed by atoms with Crippen molar-refractivity contribution in [2.24, 2.45) is 5.92 Å². The van der Waals surface area contributed by atoms with E-state index < -0.39 is 0 Å². The average Bonchev–Trinajstić information content (AvgIpc) is 3.04. The van der Waals surface area contributed by atoms with Gasteiger partial charge in [-0.3, -0.25) is 4.79 Å². The third-order valence-corrected chi connectivity index (χ3v) is 3.83. The molecule has 22 heavy (non-hydrogen) atoms. The molecule has 1 aromatic heterocycles. The smallest absolute Gasteiger partial charge is 0.227 e. The molecule has 0 radical (unpaired) electrons. The Balaban J connectivity index is 1.84. The third kappa shape index (κ3) is 2.99. The van der Waals surface area contributed by atoms with Crippen molar-refractivity contribution < 1.29 is 9.53 Å². The Kier molecular flexibility index (Phi) is 4.43. The average molecular weight is 301 g/mol. The molecule has 0 bridgehead atoms. The number of ether oxygens (including phenoxy) is 1. The van der Waals surface area contributed by atoms with Crippen molar-refractivity contribution in [2.75, 3.05) is 18.5 Å².